The summed E-state index contributed by atoms with van der Waals surface area (Å²) in [6.07, 6.45) is 1.85. The zero-order chi connectivity index (χ0) is 12.4. The lowest BCUT2D eigenvalue weighted by Gasteiger charge is -2.39. The Balaban J connectivity index is 2.32. The molecule has 94 valence electrons. The van der Waals surface area contributed by atoms with Crippen molar-refractivity contribution in [3.05, 3.63) is 22.3 Å². The summed E-state index contributed by atoms with van der Waals surface area (Å²) in [6.45, 7) is 6.13. The molecule has 2 unspecified atom stereocenters. The number of rotatable bonds is 2. The molecule has 0 radical (unpaired) electrons. The molecular formula is C12H18BrN3S. The Labute approximate surface area is 115 Å². The Hall–Kier alpha value is -0.260. The second-order valence-corrected chi connectivity index (χ2v) is 6.75. The quantitative estimate of drug-likeness (QED) is 0.911. The minimum Gasteiger partial charge on any atom is -0.352 e. The molecule has 1 aromatic rings. The predicted molar refractivity (Wildman–Crippen MR) is 78.6 cm³/mol. The van der Waals surface area contributed by atoms with E-state index in [1.54, 1.807) is 0 Å². The number of hydrogen-bond donors (Lipinski definition) is 1. The third-order valence-corrected chi connectivity index (χ3v) is 5.06. The van der Waals surface area contributed by atoms with E-state index in [9.17, 15) is 0 Å². The standard InChI is InChI=1S/C12H18BrN3S/c1-8-9(2)17-4-3-16(8)12-10(6-14)5-11(13)7-15-12/h5,7-9H,3-4,6,14H2,1-2H3. The molecule has 17 heavy (non-hydrogen) atoms. The number of nitrogens with two attached hydrogens (primary N) is 1. The van der Waals surface area contributed by atoms with Crippen molar-refractivity contribution in [2.45, 2.75) is 31.7 Å². The SMILES string of the molecule is CC1SCCN(c2ncc(Br)cc2CN)C1C. The zero-order valence-electron chi connectivity index (χ0n) is 10.2. The first-order chi connectivity index (χ1) is 8.13. The fourth-order valence-corrected chi connectivity index (χ4v) is 3.59. The van der Waals surface area contributed by atoms with Crippen LogP contribution in [0.15, 0.2) is 16.7 Å². The summed E-state index contributed by atoms with van der Waals surface area (Å²) in [5.74, 6) is 2.21. The summed E-state index contributed by atoms with van der Waals surface area (Å²) >= 11 is 5.48. The first-order valence-corrected chi connectivity index (χ1v) is 7.70. The predicted octanol–water partition coefficient (Wildman–Crippen LogP) is 2.63. The lowest BCUT2D eigenvalue weighted by Crippen LogP contribution is -2.45. The van der Waals surface area contributed by atoms with Crippen LogP contribution in [-0.4, -0.2) is 28.6 Å². The molecule has 1 saturated heterocycles. The number of pyridine rings is 1. The van der Waals surface area contributed by atoms with Gasteiger partial charge in [0, 0.05) is 46.4 Å². The summed E-state index contributed by atoms with van der Waals surface area (Å²) in [7, 11) is 0. The van der Waals surface area contributed by atoms with Gasteiger partial charge < -0.3 is 10.6 Å². The Morgan fingerprint density at radius 2 is 2.35 bits per heavy atom. The van der Waals surface area contributed by atoms with E-state index < -0.39 is 0 Å². The third kappa shape index (κ3) is 2.77. The van der Waals surface area contributed by atoms with E-state index in [1.165, 1.54) is 0 Å². The number of nitrogens with zero attached hydrogens (tertiary/aromatic N) is 2. The van der Waals surface area contributed by atoms with Crippen molar-refractivity contribution in [1.29, 1.82) is 0 Å². The summed E-state index contributed by atoms with van der Waals surface area (Å²) in [5.41, 5.74) is 6.93. The molecule has 0 aromatic carbocycles. The van der Waals surface area contributed by atoms with E-state index >= 15 is 0 Å². The Morgan fingerprint density at radius 3 is 3.06 bits per heavy atom. The molecule has 2 N–H and O–H groups in total. The van der Waals surface area contributed by atoms with Crippen molar-refractivity contribution in [2.24, 2.45) is 5.73 Å². The molecule has 2 atom stereocenters. The lowest BCUT2D eigenvalue weighted by molar-refractivity contribution is 0.617. The molecule has 0 aliphatic carbocycles. The largest absolute Gasteiger partial charge is 0.352 e. The molecule has 2 heterocycles. The van der Waals surface area contributed by atoms with Gasteiger partial charge in [-0.2, -0.15) is 11.8 Å². The molecule has 1 fully saturated rings. The molecule has 1 aliphatic heterocycles. The molecular weight excluding hydrogens is 298 g/mol. The van der Waals surface area contributed by atoms with Gasteiger partial charge in [0.15, 0.2) is 0 Å². The number of hydrogen-bond acceptors (Lipinski definition) is 4. The molecule has 0 spiro atoms. The van der Waals surface area contributed by atoms with Crippen molar-refractivity contribution in [1.82, 2.24) is 4.98 Å². The Morgan fingerprint density at radius 1 is 1.59 bits per heavy atom. The van der Waals surface area contributed by atoms with Gasteiger partial charge in [0.1, 0.15) is 5.82 Å². The van der Waals surface area contributed by atoms with Crippen LogP contribution in [0.2, 0.25) is 0 Å². The van der Waals surface area contributed by atoms with Crippen molar-refractivity contribution < 1.29 is 0 Å². The van der Waals surface area contributed by atoms with Gasteiger partial charge in [-0.3, -0.25) is 0 Å². The molecule has 2 rings (SSSR count). The van der Waals surface area contributed by atoms with Gasteiger partial charge in [-0.05, 0) is 28.9 Å². The zero-order valence-corrected chi connectivity index (χ0v) is 12.6. The highest BCUT2D eigenvalue weighted by Gasteiger charge is 2.27. The van der Waals surface area contributed by atoms with Gasteiger partial charge >= 0.3 is 0 Å². The van der Waals surface area contributed by atoms with Crippen molar-refractivity contribution in [2.75, 3.05) is 17.2 Å². The maximum absolute atomic E-state index is 5.81. The summed E-state index contributed by atoms with van der Waals surface area (Å²) in [6, 6.07) is 2.58. The van der Waals surface area contributed by atoms with Crippen LogP contribution < -0.4 is 10.6 Å². The van der Waals surface area contributed by atoms with Crippen LogP contribution in [0.25, 0.3) is 0 Å². The van der Waals surface area contributed by atoms with Crippen molar-refractivity contribution in [3.63, 3.8) is 0 Å². The second kappa shape index (κ2) is 5.59. The smallest absolute Gasteiger partial charge is 0.133 e. The lowest BCUT2D eigenvalue weighted by atomic mass is 10.1. The fraction of sp³-hybridized carbons (Fsp3) is 0.583. The van der Waals surface area contributed by atoms with Gasteiger partial charge in [0.05, 0.1) is 0 Å². The van der Waals surface area contributed by atoms with E-state index in [1.807, 2.05) is 18.0 Å². The van der Waals surface area contributed by atoms with E-state index in [-0.39, 0.29) is 0 Å². The summed E-state index contributed by atoms with van der Waals surface area (Å²) < 4.78 is 0.994. The Bertz CT molecular complexity index is 399. The van der Waals surface area contributed by atoms with Crippen LogP contribution in [-0.2, 0) is 6.54 Å². The van der Waals surface area contributed by atoms with E-state index in [0.29, 0.717) is 17.8 Å². The monoisotopic (exact) mass is 315 g/mol. The van der Waals surface area contributed by atoms with Gasteiger partial charge in [0.2, 0.25) is 0 Å². The fourth-order valence-electron chi connectivity index (χ4n) is 2.11. The maximum atomic E-state index is 5.81. The normalized spacial score (nSPS) is 25.1. The van der Waals surface area contributed by atoms with Crippen LogP contribution in [0.5, 0.6) is 0 Å². The van der Waals surface area contributed by atoms with Crippen molar-refractivity contribution >= 4 is 33.5 Å². The van der Waals surface area contributed by atoms with Crippen LogP contribution in [0.3, 0.4) is 0 Å². The minimum absolute atomic E-state index is 0.507. The highest BCUT2D eigenvalue weighted by Crippen LogP contribution is 2.30. The minimum atomic E-state index is 0.507. The van der Waals surface area contributed by atoms with Gasteiger partial charge in [0.25, 0.3) is 0 Å². The molecule has 0 bridgehead atoms. The van der Waals surface area contributed by atoms with Gasteiger partial charge in [-0.25, -0.2) is 4.98 Å². The molecule has 3 nitrogen and oxygen atoms in total. The van der Waals surface area contributed by atoms with Crippen LogP contribution in [0, 0.1) is 0 Å². The second-order valence-electron chi connectivity index (χ2n) is 4.35. The number of anilines is 1. The van der Waals surface area contributed by atoms with Gasteiger partial charge in [-0.15, -0.1) is 0 Å². The van der Waals surface area contributed by atoms with Crippen molar-refractivity contribution in [3.8, 4) is 0 Å². The topological polar surface area (TPSA) is 42.2 Å². The van der Waals surface area contributed by atoms with E-state index in [2.05, 4.69) is 45.7 Å². The number of aromatic nitrogens is 1. The Kier molecular flexibility index (Phi) is 4.33. The van der Waals surface area contributed by atoms with Gasteiger partial charge in [-0.1, -0.05) is 6.92 Å². The molecule has 0 saturated carbocycles. The van der Waals surface area contributed by atoms with Crippen LogP contribution >= 0.6 is 27.7 Å². The summed E-state index contributed by atoms with van der Waals surface area (Å²) in [4.78, 5) is 6.93. The van der Waals surface area contributed by atoms with E-state index in [4.69, 9.17) is 5.73 Å². The maximum Gasteiger partial charge on any atom is 0.133 e. The first kappa shape index (κ1) is 13.2. The number of halogens is 1. The molecule has 1 aromatic heterocycles. The average molecular weight is 316 g/mol. The number of thioether (sulfide) groups is 1. The summed E-state index contributed by atoms with van der Waals surface area (Å²) in [5, 5.41) is 0.639. The molecule has 0 amide bonds. The molecule has 1 aliphatic rings. The van der Waals surface area contributed by atoms with Crippen LogP contribution in [0.1, 0.15) is 19.4 Å². The van der Waals surface area contributed by atoms with Crippen LogP contribution in [0.4, 0.5) is 5.82 Å². The highest BCUT2D eigenvalue weighted by molar-refractivity contribution is 9.10. The first-order valence-electron chi connectivity index (χ1n) is 5.86. The van der Waals surface area contributed by atoms with E-state index in [0.717, 1.165) is 28.2 Å². The molecule has 5 heteroatoms. The highest BCUT2D eigenvalue weighted by atomic mass is 79.9. The average Bonchev–Trinajstić information content (AvgIpc) is 2.33. The third-order valence-electron chi connectivity index (χ3n) is 3.29.